The molecule has 5 aliphatic rings. The van der Waals surface area contributed by atoms with Crippen molar-refractivity contribution in [2.45, 2.75) is 68.9 Å². The fourth-order valence-electron chi connectivity index (χ4n) is 9.54. The molecule has 1 aromatic heterocycles. The molecule has 0 bridgehead atoms. The van der Waals surface area contributed by atoms with Gasteiger partial charge in [0, 0.05) is 17.5 Å². The molecule has 6 atom stereocenters. The number of hydrogen-bond donors (Lipinski definition) is 1. The standard InChI is InChI=1S/C39H37NO6/c41-22-26-16-19-32(46-26)35-27-17-18-28-34(38(45)40(37(28)44)25-14-8-3-9-15-25)30(27)20-31-36(43)29(23-10-4-1-5-11-23)21-33(42)39(31,35)24-12-6-2-7-13-24/h1-2,4-7,10-13,16-17,19,21,25,28,30-31,34-35,41H,3,8-9,14-15,18,20,22H2. The molecule has 0 radical (unpaired) electrons. The number of likely N-dealkylation sites (tertiary alicyclic amines) is 1. The van der Waals surface area contributed by atoms with Gasteiger partial charge in [-0.15, -0.1) is 0 Å². The number of carbonyl (C=O) groups excluding carboxylic acids is 4. The third-order valence-corrected chi connectivity index (χ3v) is 11.5. The summed E-state index contributed by atoms with van der Waals surface area (Å²) in [7, 11) is 0. The maximum Gasteiger partial charge on any atom is 0.233 e. The van der Waals surface area contributed by atoms with Crippen LogP contribution in [0.15, 0.2) is 94.9 Å². The molecule has 0 spiro atoms. The Labute approximate surface area is 268 Å². The smallest absolute Gasteiger partial charge is 0.233 e. The van der Waals surface area contributed by atoms with Crippen molar-refractivity contribution in [2.75, 3.05) is 0 Å². The summed E-state index contributed by atoms with van der Waals surface area (Å²) < 4.78 is 6.25. The van der Waals surface area contributed by atoms with Crippen molar-refractivity contribution in [1.29, 1.82) is 0 Å². The highest BCUT2D eigenvalue weighted by Gasteiger charge is 2.66. The molecule has 2 heterocycles. The van der Waals surface area contributed by atoms with Gasteiger partial charge in [0.25, 0.3) is 0 Å². The monoisotopic (exact) mass is 615 g/mol. The van der Waals surface area contributed by atoms with Crippen molar-refractivity contribution in [1.82, 2.24) is 4.90 Å². The Hall–Kier alpha value is -4.36. The topological polar surface area (TPSA) is 105 Å². The second-order valence-corrected chi connectivity index (χ2v) is 13.6. The first-order valence-corrected chi connectivity index (χ1v) is 16.6. The van der Waals surface area contributed by atoms with E-state index >= 15 is 0 Å². The highest BCUT2D eigenvalue weighted by Crippen LogP contribution is 2.64. The van der Waals surface area contributed by atoms with Gasteiger partial charge in [-0.1, -0.05) is 91.6 Å². The number of aliphatic hydroxyl groups excluding tert-OH is 1. The number of hydrogen-bond acceptors (Lipinski definition) is 6. The molecule has 2 amide bonds. The Morgan fingerprint density at radius 1 is 0.826 bits per heavy atom. The maximum absolute atomic E-state index is 14.9. The Morgan fingerprint density at radius 2 is 1.54 bits per heavy atom. The largest absolute Gasteiger partial charge is 0.463 e. The number of allylic oxidation sites excluding steroid dienone is 4. The summed E-state index contributed by atoms with van der Waals surface area (Å²) in [5.41, 5.74) is 1.31. The van der Waals surface area contributed by atoms with E-state index in [1.807, 2.05) is 60.7 Å². The predicted molar refractivity (Wildman–Crippen MR) is 170 cm³/mol. The number of nitrogens with zero attached hydrogens (tertiary/aromatic N) is 1. The van der Waals surface area contributed by atoms with Crippen LogP contribution in [-0.4, -0.2) is 39.4 Å². The number of carbonyl (C=O) groups is 4. The van der Waals surface area contributed by atoms with Gasteiger partial charge >= 0.3 is 0 Å². The van der Waals surface area contributed by atoms with Crippen molar-refractivity contribution in [3.63, 3.8) is 0 Å². The molecule has 2 saturated carbocycles. The Bertz CT molecular complexity index is 1780. The number of aliphatic hydroxyl groups is 1. The number of amides is 2. The van der Waals surface area contributed by atoms with Crippen LogP contribution in [0.2, 0.25) is 0 Å². The van der Waals surface area contributed by atoms with Crippen LogP contribution in [0.1, 0.15) is 73.5 Å². The normalized spacial score (nSPS) is 31.2. The lowest BCUT2D eigenvalue weighted by molar-refractivity contribution is -0.144. The molecular formula is C39H37NO6. The van der Waals surface area contributed by atoms with Crippen molar-refractivity contribution in [3.05, 3.63) is 113 Å². The summed E-state index contributed by atoms with van der Waals surface area (Å²) in [4.78, 5) is 59.7. The van der Waals surface area contributed by atoms with Crippen LogP contribution in [-0.2, 0) is 31.2 Å². The van der Waals surface area contributed by atoms with E-state index in [1.54, 1.807) is 17.0 Å². The maximum atomic E-state index is 14.9. The first-order chi connectivity index (χ1) is 22.4. The molecule has 1 N–H and O–H groups in total. The highest BCUT2D eigenvalue weighted by atomic mass is 16.4. The van der Waals surface area contributed by atoms with Gasteiger partial charge in [0.05, 0.1) is 23.2 Å². The van der Waals surface area contributed by atoms with Crippen LogP contribution in [0.5, 0.6) is 0 Å². The van der Waals surface area contributed by atoms with E-state index in [9.17, 15) is 24.3 Å². The van der Waals surface area contributed by atoms with Crippen LogP contribution in [0, 0.1) is 23.7 Å². The summed E-state index contributed by atoms with van der Waals surface area (Å²) >= 11 is 0. The van der Waals surface area contributed by atoms with Crippen molar-refractivity contribution in [2.24, 2.45) is 23.7 Å². The van der Waals surface area contributed by atoms with Gasteiger partial charge in [-0.25, -0.2) is 0 Å². The number of rotatable bonds is 5. The number of benzene rings is 2. The lowest BCUT2D eigenvalue weighted by atomic mass is 9.45. The SMILES string of the molecule is O=C1C(c2ccccc2)=CC(=O)C2(c3ccccc3)C1CC1C(=CCC3C(=O)N(C4CCCCC4)C(=O)C31)C2c1ccc(CO)o1. The van der Waals surface area contributed by atoms with Gasteiger partial charge in [-0.05, 0) is 60.9 Å². The number of Topliss-reactive ketones (excluding diaryl/α,β-unsaturated/α-hetero) is 1. The van der Waals surface area contributed by atoms with Gasteiger partial charge in [0.2, 0.25) is 11.8 Å². The summed E-state index contributed by atoms with van der Waals surface area (Å²) in [5.74, 6) is -2.70. The van der Waals surface area contributed by atoms with Crippen LogP contribution >= 0.6 is 0 Å². The third-order valence-electron chi connectivity index (χ3n) is 11.5. The van der Waals surface area contributed by atoms with Crippen LogP contribution in [0.3, 0.4) is 0 Å². The summed E-state index contributed by atoms with van der Waals surface area (Å²) in [5, 5.41) is 9.96. The van der Waals surface area contributed by atoms with Gasteiger partial charge in [0.1, 0.15) is 18.1 Å². The summed E-state index contributed by atoms with van der Waals surface area (Å²) in [6.07, 6.45) is 9.03. The van der Waals surface area contributed by atoms with Gasteiger partial charge in [-0.2, -0.15) is 0 Å². The molecule has 6 unspecified atom stereocenters. The Kier molecular flexibility index (Phi) is 7.05. The fourth-order valence-corrected chi connectivity index (χ4v) is 9.54. The van der Waals surface area contributed by atoms with Crippen LogP contribution in [0.4, 0.5) is 0 Å². The minimum absolute atomic E-state index is 0.0757. The Balaban J connectivity index is 1.33. The lowest BCUT2D eigenvalue weighted by Crippen LogP contribution is -2.58. The molecule has 8 rings (SSSR count). The number of ketones is 2. The first kappa shape index (κ1) is 29.1. The zero-order valence-electron chi connectivity index (χ0n) is 25.6. The molecule has 1 saturated heterocycles. The molecule has 7 heteroatoms. The van der Waals surface area contributed by atoms with E-state index in [4.69, 9.17) is 4.42 Å². The van der Waals surface area contributed by atoms with E-state index in [-0.39, 0.29) is 42.5 Å². The average Bonchev–Trinajstić information content (AvgIpc) is 3.68. The van der Waals surface area contributed by atoms with Gasteiger partial charge in [-0.3, -0.25) is 24.1 Å². The van der Waals surface area contributed by atoms with Crippen molar-refractivity contribution >= 4 is 29.0 Å². The van der Waals surface area contributed by atoms with E-state index in [1.165, 1.54) is 6.08 Å². The molecular weight excluding hydrogens is 578 g/mol. The quantitative estimate of drug-likeness (QED) is 0.282. The molecule has 3 aromatic rings. The number of furan rings is 1. The van der Waals surface area contributed by atoms with E-state index < -0.39 is 35.0 Å². The molecule has 7 nitrogen and oxygen atoms in total. The number of imide groups is 1. The van der Waals surface area contributed by atoms with E-state index in [0.29, 0.717) is 34.6 Å². The van der Waals surface area contributed by atoms with Crippen molar-refractivity contribution < 1.29 is 28.7 Å². The molecule has 46 heavy (non-hydrogen) atoms. The first-order valence-electron chi connectivity index (χ1n) is 16.6. The van der Waals surface area contributed by atoms with E-state index in [0.717, 1.165) is 37.7 Å². The van der Waals surface area contributed by atoms with Crippen LogP contribution in [0.25, 0.3) is 5.57 Å². The third kappa shape index (κ3) is 4.13. The summed E-state index contributed by atoms with van der Waals surface area (Å²) in [6.45, 7) is -0.310. The van der Waals surface area contributed by atoms with Gasteiger partial charge < -0.3 is 9.52 Å². The average molecular weight is 616 g/mol. The second-order valence-electron chi connectivity index (χ2n) is 13.6. The minimum atomic E-state index is -1.33. The zero-order chi connectivity index (χ0) is 31.6. The molecule has 3 fully saturated rings. The highest BCUT2D eigenvalue weighted by molar-refractivity contribution is 6.31. The fraction of sp³-hybridized carbons (Fsp3) is 0.385. The molecule has 234 valence electrons. The van der Waals surface area contributed by atoms with Crippen LogP contribution < -0.4 is 0 Å². The van der Waals surface area contributed by atoms with Gasteiger partial charge in [0.15, 0.2) is 11.6 Å². The minimum Gasteiger partial charge on any atom is -0.463 e. The van der Waals surface area contributed by atoms with E-state index in [2.05, 4.69) is 6.08 Å². The lowest BCUT2D eigenvalue weighted by Gasteiger charge is -2.54. The molecule has 1 aliphatic heterocycles. The number of fused-ring (bicyclic) bond motifs is 4. The van der Waals surface area contributed by atoms with Crippen molar-refractivity contribution in [3.8, 4) is 0 Å². The molecule has 4 aliphatic carbocycles. The second kappa shape index (κ2) is 11.2. The molecule has 2 aromatic carbocycles. The Morgan fingerprint density at radius 3 is 2.24 bits per heavy atom. The summed E-state index contributed by atoms with van der Waals surface area (Å²) in [6, 6.07) is 22.1. The predicted octanol–water partition coefficient (Wildman–Crippen LogP) is 5.93. The zero-order valence-corrected chi connectivity index (χ0v) is 25.6.